The van der Waals surface area contributed by atoms with Crippen LogP contribution < -0.4 is 11.1 Å². The Hall–Kier alpha value is -1.10. The molecule has 0 spiro atoms. The molecule has 5 heteroatoms. The van der Waals surface area contributed by atoms with Gasteiger partial charge >= 0.3 is 0 Å². The number of nitrogens with zero attached hydrogens (tertiary/aromatic N) is 1. The first-order valence-corrected chi connectivity index (χ1v) is 6.89. The van der Waals surface area contributed by atoms with E-state index in [1.54, 1.807) is 4.90 Å². The number of amides is 2. The van der Waals surface area contributed by atoms with Gasteiger partial charge in [-0.1, -0.05) is 6.92 Å². The third kappa shape index (κ3) is 3.02. The number of rotatable bonds is 1. The van der Waals surface area contributed by atoms with E-state index in [2.05, 4.69) is 12.2 Å². The molecule has 5 nitrogen and oxygen atoms in total. The second kappa shape index (κ2) is 5.69. The van der Waals surface area contributed by atoms with Crippen LogP contribution in [0.2, 0.25) is 0 Å². The van der Waals surface area contributed by atoms with Crippen molar-refractivity contribution in [2.45, 2.75) is 38.6 Å². The molecule has 102 valence electrons. The lowest BCUT2D eigenvalue weighted by atomic mass is 9.77. The molecule has 1 heterocycles. The molecule has 0 aromatic heterocycles. The van der Waals surface area contributed by atoms with Gasteiger partial charge in [0.05, 0.1) is 6.54 Å². The molecule has 2 fully saturated rings. The van der Waals surface area contributed by atoms with Crippen molar-refractivity contribution in [2.24, 2.45) is 17.6 Å². The van der Waals surface area contributed by atoms with Crippen molar-refractivity contribution >= 4 is 11.8 Å². The number of carbonyl (C=O) groups excluding carboxylic acids is 2. The fourth-order valence-corrected chi connectivity index (χ4v) is 3.03. The maximum Gasteiger partial charge on any atom is 0.239 e. The third-order valence-corrected chi connectivity index (χ3v) is 4.10. The van der Waals surface area contributed by atoms with E-state index in [9.17, 15) is 9.59 Å². The van der Waals surface area contributed by atoms with Gasteiger partial charge in [0.25, 0.3) is 0 Å². The first kappa shape index (κ1) is 13.3. The zero-order valence-electron chi connectivity index (χ0n) is 11.0. The highest BCUT2D eigenvalue weighted by Crippen LogP contribution is 2.30. The van der Waals surface area contributed by atoms with Crippen LogP contribution in [0.5, 0.6) is 0 Å². The maximum atomic E-state index is 12.5. The Kier molecular flexibility index (Phi) is 4.22. The van der Waals surface area contributed by atoms with Crippen LogP contribution in [-0.4, -0.2) is 42.4 Å². The highest BCUT2D eigenvalue weighted by Gasteiger charge is 2.34. The van der Waals surface area contributed by atoms with Crippen molar-refractivity contribution in [1.82, 2.24) is 10.2 Å². The monoisotopic (exact) mass is 253 g/mol. The van der Waals surface area contributed by atoms with Crippen molar-refractivity contribution < 1.29 is 9.59 Å². The molecule has 0 aromatic carbocycles. The second-order valence-corrected chi connectivity index (χ2v) is 5.62. The quantitative estimate of drug-likeness (QED) is 0.696. The first-order valence-electron chi connectivity index (χ1n) is 6.89. The van der Waals surface area contributed by atoms with E-state index in [0.29, 0.717) is 19.0 Å². The van der Waals surface area contributed by atoms with Crippen molar-refractivity contribution in [3.8, 4) is 0 Å². The molecule has 3 N–H and O–H groups in total. The normalized spacial score (nSPS) is 33.8. The Balaban J connectivity index is 1.99. The van der Waals surface area contributed by atoms with Crippen LogP contribution in [-0.2, 0) is 9.59 Å². The van der Waals surface area contributed by atoms with E-state index in [0.717, 1.165) is 25.7 Å². The molecule has 3 atom stereocenters. The largest absolute Gasteiger partial charge is 0.354 e. The zero-order valence-corrected chi connectivity index (χ0v) is 11.0. The van der Waals surface area contributed by atoms with E-state index in [4.69, 9.17) is 5.73 Å². The van der Waals surface area contributed by atoms with Gasteiger partial charge in [0, 0.05) is 25.0 Å². The Morgan fingerprint density at radius 2 is 2.22 bits per heavy atom. The lowest BCUT2D eigenvalue weighted by Crippen LogP contribution is -2.45. The summed E-state index contributed by atoms with van der Waals surface area (Å²) in [7, 11) is 0. The molecular weight excluding hydrogens is 230 g/mol. The minimum atomic E-state index is -0.0407. The average molecular weight is 253 g/mol. The Bertz CT molecular complexity index is 332. The molecule has 0 aromatic rings. The highest BCUT2D eigenvalue weighted by molar-refractivity contribution is 5.86. The Labute approximate surface area is 108 Å². The molecule has 2 rings (SSSR count). The van der Waals surface area contributed by atoms with Crippen molar-refractivity contribution in [3.05, 3.63) is 0 Å². The first-order chi connectivity index (χ1) is 8.58. The Morgan fingerprint density at radius 1 is 1.44 bits per heavy atom. The van der Waals surface area contributed by atoms with Gasteiger partial charge in [-0.05, 0) is 31.6 Å². The van der Waals surface area contributed by atoms with Crippen LogP contribution >= 0.6 is 0 Å². The second-order valence-electron chi connectivity index (χ2n) is 5.62. The summed E-state index contributed by atoms with van der Waals surface area (Å²) in [5.41, 5.74) is 5.92. The van der Waals surface area contributed by atoms with E-state index in [1.807, 2.05) is 0 Å². The summed E-state index contributed by atoms with van der Waals surface area (Å²) < 4.78 is 0. The lowest BCUT2D eigenvalue weighted by Gasteiger charge is -2.34. The van der Waals surface area contributed by atoms with Crippen LogP contribution in [0.3, 0.4) is 0 Å². The molecule has 1 saturated carbocycles. The summed E-state index contributed by atoms with van der Waals surface area (Å²) >= 11 is 0. The highest BCUT2D eigenvalue weighted by atomic mass is 16.2. The summed E-state index contributed by atoms with van der Waals surface area (Å²) in [6, 6.07) is 0.233. The topological polar surface area (TPSA) is 75.4 Å². The molecule has 18 heavy (non-hydrogen) atoms. The smallest absolute Gasteiger partial charge is 0.239 e. The lowest BCUT2D eigenvalue weighted by molar-refractivity contribution is -0.141. The zero-order chi connectivity index (χ0) is 13.1. The molecule has 1 saturated heterocycles. The predicted molar refractivity (Wildman–Crippen MR) is 68.7 cm³/mol. The number of hydrogen-bond donors (Lipinski definition) is 2. The van der Waals surface area contributed by atoms with Gasteiger partial charge in [0.2, 0.25) is 11.8 Å². The van der Waals surface area contributed by atoms with Crippen LogP contribution in [0.1, 0.15) is 32.6 Å². The van der Waals surface area contributed by atoms with Crippen molar-refractivity contribution in [2.75, 3.05) is 19.6 Å². The number of hydrogen-bond acceptors (Lipinski definition) is 3. The Morgan fingerprint density at radius 3 is 2.94 bits per heavy atom. The number of carbonyl (C=O) groups is 2. The molecule has 1 aliphatic heterocycles. The molecule has 2 aliphatic rings. The predicted octanol–water partition coefficient (Wildman–Crippen LogP) is 0.0984. The third-order valence-electron chi connectivity index (χ3n) is 4.10. The van der Waals surface area contributed by atoms with Crippen LogP contribution in [0.4, 0.5) is 0 Å². The van der Waals surface area contributed by atoms with Gasteiger partial charge in [-0.3, -0.25) is 9.59 Å². The van der Waals surface area contributed by atoms with Gasteiger partial charge in [0.15, 0.2) is 0 Å². The van der Waals surface area contributed by atoms with E-state index < -0.39 is 0 Å². The van der Waals surface area contributed by atoms with Gasteiger partial charge in [0.1, 0.15) is 0 Å². The number of nitrogens with two attached hydrogens (primary N) is 1. The minimum Gasteiger partial charge on any atom is -0.354 e. The van der Waals surface area contributed by atoms with E-state index in [-0.39, 0.29) is 30.3 Å². The maximum absolute atomic E-state index is 12.5. The van der Waals surface area contributed by atoms with Gasteiger partial charge in [-0.15, -0.1) is 0 Å². The molecule has 1 aliphatic carbocycles. The average Bonchev–Trinajstić information content (AvgIpc) is 2.53. The standard InChI is InChI=1S/C13H23N3O2/c1-9-7-10(14)3-4-11(9)13(18)16-6-2-5-15-12(17)8-16/h9-11H,2-8,14H2,1H3,(H,15,17). The summed E-state index contributed by atoms with van der Waals surface area (Å²) in [5.74, 6) is 0.482. The SMILES string of the molecule is CC1CC(N)CCC1C(=O)N1CCCNC(=O)C1. The molecule has 0 bridgehead atoms. The van der Waals surface area contributed by atoms with Crippen LogP contribution in [0.25, 0.3) is 0 Å². The van der Waals surface area contributed by atoms with Gasteiger partial charge < -0.3 is 16.0 Å². The number of nitrogens with one attached hydrogen (secondary N) is 1. The van der Waals surface area contributed by atoms with Crippen molar-refractivity contribution in [1.29, 1.82) is 0 Å². The van der Waals surface area contributed by atoms with Gasteiger partial charge in [-0.25, -0.2) is 0 Å². The molecule has 0 radical (unpaired) electrons. The fourth-order valence-electron chi connectivity index (χ4n) is 3.03. The van der Waals surface area contributed by atoms with Crippen LogP contribution in [0.15, 0.2) is 0 Å². The fraction of sp³-hybridized carbons (Fsp3) is 0.846. The molecule has 3 unspecified atom stereocenters. The van der Waals surface area contributed by atoms with Crippen LogP contribution in [0, 0.1) is 11.8 Å². The van der Waals surface area contributed by atoms with Gasteiger partial charge in [-0.2, -0.15) is 0 Å². The molecular formula is C13H23N3O2. The minimum absolute atomic E-state index is 0.0407. The summed E-state index contributed by atoms with van der Waals surface area (Å²) in [5, 5.41) is 2.80. The molecule has 2 amide bonds. The van der Waals surface area contributed by atoms with Crippen molar-refractivity contribution in [3.63, 3.8) is 0 Å². The summed E-state index contributed by atoms with van der Waals surface area (Å²) in [4.78, 5) is 25.7. The van der Waals surface area contributed by atoms with E-state index >= 15 is 0 Å². The summed E-state index contributed by atoms with van der Waals surface area (Å²) in [6.07, 6.45) is 3.54. The summed E-state index contributed by atoms with van der Waals surface area (Å²) in [6.45, 7) is 3.67. The van der Waals surface area contributed by atoms with E-state index in [1.165, 1.54) is 0 Å².